The fourth-order valence-corrected chi connectivity index (χ4v) is 2.74. The van der Waals surface area contributed by atoms with E-state index in [1.807, 2.05) is 24.5 Å². The maximum absolute atomic E-state index is 5.47. The lowest BCUT2D eigenvalue weighted by atomic mass is 10.1. The third-order valence-electron chi connectivity index (χ3n) is 4.23. The number of aryl methyl sites for hydroxylation is 1. The van der Waals surface area contributed by atoms with Crippen molar-refractivity contribution in [2.45, 2.75) is 20.0 Å². The SMILES string of the molecule is COc1cc(C)c(CN(CCN(C)C)Cc2cccnc2)cc1OC. The monoisotopic (exact) mass is 343 g/mol. The second kappa shape index (κ2) is 9.39. The van der Waals surface area contributed by atoms with Crippen LogP contribution >= 0.6 is 0 Å². The molecule has 2 rings (SSSR count). The molecule has 136 valence electrons. The molecular weight excluding hydrogens is 314 g/mol. The van der Waals surface area contributed by atoms with Crippen molar-refractivity contribution in [1.82, 2.24) is 14.8 Å². The van der Waals surface area contributed by atoms with Crippen molar-refractivity contribution in [2.24, 2.45) is 0 Å². The minimum absolute atomic E-state index is 0.774. The van der Waals surface area contributed by atoms with E-state index < -0.39 is 0 Å². The Kier molecular flexibility index (Phi) is 7.22. The van der Waals surface area contributed by atoms with Crippen molar-refractivity contribution >= 4 is 0 Å². The fraction of sp³-hybridized carbons (Fsp3) is 0.450. The molecule has 5 heteroatoms. The average molecular weight is 343 g/mol. The van der Waals surface area contributed by atoms with Crippen molar-refractivity contribution in [3.8, 4) is 11.5 Å². The third-order valence-corrected chi connectivity index (χ3v) is 4.23. The Bertz CT molecular complexity index is 659. The first-order valence-electron chi connectivity index (χ1n) is 8.51. The van der Waals surface area contributed by atoms with Gasteiger partial charge in [-0.3, -0.25) is 9.88 Å². The Balaban J connectivity index is 2.20. The van der Waals surface area contributed by atoms with E-state index in [-0.39, 0.29) is 0 Å². The molecule has 1 aromatic carbocycles. The Morgan fingerprint density at radius 1 is 1.00 bits per heavy atom. The number of pyridine rings is 1. The molecule has 1 aromatic heterocycles. The molecular formula is C20H29N3O2. The van der Waals surface area contributed by atoms with Crippen LogP contribution in [0.5, 0.6) is 11.5 Å². The summed E-state index contributed by atoms with van der Waals surface area (Å²) in [5, 5.41) is 0. The fourth-order valence-electron chi connectivity index (χ4n) is 2.74. The van der Waals surface area contributed by atoms with Crippen LogP contribution in [0.25, 0.3) is 0 Å². The van der Waals surface area contributed by atoms with E-state index >= 15 is 0 Å². The number of benzene rings is 1. The van der Waals surface area contributed by atoms with Gasteiger partial charge >= 0.3 is 0 Å². The van der Waals surface area contributed by atoms with Gasteiger partial charge in [-0.2, -0.15) is 0 Å². The van der Waals surface area contributed by atoms with Crippen LogP contribution in [0.4, 0.5) is 0 Å². The lowest BCUT2D eigenvalue weighted by Gasteiger charge is -2.25. The van der Waals surface area contributed by atoms with Gasteiger partial charge in [0.1, 0.15) is 0 Å². The maximum atomic E-state index is 5.47. The van der Waals surface area contributed by atoms with Crippen LogP contribution in [0, 0.1) is 6.92 Å². The second-order valence-corrected chi connectivity index (χ2v) is 6.51. The zero-order chi connectivity index (χ0) is 18.2. The van der Waals surface area contributed by atoms with Crippen LogP contribution < -0.4 is 9.47 Å². The summed E-state index contributed by atoms with van der Waals surface area (Å²) in [6.07, 6.45) is 3.75. The topological polar surface area (TPSA) is 37.8 Å². The summed E-state index contributed by atoms with van der Waals surface area (Å²) in [4.78, 5) is 8.88. The average Bonchev–Trinajstić information content (AvgIpc) is 2.61. The summed E-state index contributed by atoms with van der Waals surface area (Å²) < 4.78 is 10.9. The molecule has 0 N–H and O–H groups in total. The second-order valence-electron chi connectivity index (χ2n) is 6.51. The quantitative estimate of drug-likeness (QED) is 0.700. The van der Waals surface area contributed by atoms with Crippen LogP contribution in [0.2, 0.25) is 0 Å². The zero-order valence-corrected chi connectivity index (χ0v) is 16.0. The highest BCUT2D eigenvalue weighted by molar-refractivity contribution is 5.47. The van der Waals surface area contributed by atoms with Crippen LogP contribution in [-0.2, 0) is 13.1 Å². The van der Waals surface area contributed by atoms with E-state index in [4.69, 9.17) is 9.47 Å². The molecule has 0 aliphatic heterocycles. The molecule has 5 nitrogen and oxygen atoms in total. The summed E-state index contributed by atoms with van der Waals surface area (Å²) in [7, 11) is 7.55. The molecule has 25 heavy (non-hydrogen) atoms. The molecule has 1 heterocycles. The van der Waals surface area contributed by atoms with Gasteiger partial charge in [0.15, 0.2) is 11.5 Å². The molecule has 2 aromatic rings. The predicted octanol–water partition coefficient (Wildman–Crippen LogP) is 2.97. The van der Waals surface area contributed by atoms with E-state index in [1.165, 1.54) is 16.7 Å². The molecule has 0 aliphatic carbocycles. The lowest BCUT2D eigenvalue weighted by Crippen LogP contribution is -2.31. The van der Waals surface area contributed by atoms with Gasteiger partial charge in [0.05, 0.1) is 14.2 Å². The number of methoxy groups -OCH3 is 2. The standard InChI is InChI=1S/C20H29N3O2/c1-16-11-19(24-4)20(25-5)12-18(16)15-23(10-9-22(2)3)14-17-7-6-8-21-13-17/h6-8,11-13H,9-10,14-15H2,1-5H3. The number of hydrogen-bond donors (Lipinski definition) is 0. The summed E-state index contributed by atoms with van der Waals surface area (Å²) in [6.45, 7) is 5.83. The molecule has 0 spiro atoms. The number of aromatic nitrogens is 1. The highest BCUT2D eigenvalue weighted by Crippen LogP contribution is 2.31. The van der Waals surface area contributed by atoms with Crippen molar-refractivity contribution in [1.29, 1.82) is 0 Å². The number of rotatable bonds is 9. The van der Waals surface area contributed by atoms with Crippen molar-refractivity contribution in [2.75, 3.05) is 41.4 Å². The van der Waals surface area contributed by atoms with E-state index in [2.05, 4.69) is 47.9 Å². The maximum Gasteiger partial charge on any atom is 0.161 e. The minimum atomic E-state index is 0.774. The summed E-state index contributed by atoms with van der Waals surface area (Å²) >= 11 is 0. The van der Waals surface area contributed by atoms with Gasteiger partial charge in [-0.25, -0.2) is 0 Å². The molecule has 0 bridgehead atoms. The molecule has 0 atom stereocenters. The van der Waals surface area contributed by atoms with E-state index in [0.29, 0.717) is 0 Å². The smallest absolute Gasteiger partial charge is 0.161 e. The van der Waals surface area contributed by atoms with Gasteiger partial charge < -0.3 is 14.4 Å². The largest absolute Gasteiger partial charge is 0.493 e. The minimum Gasteiger partial charge on any atom is -0.493 e. The Hall–Kier alpha value is -2.11. The van der Waals surface area contributed by atoms with Gasteiger partial charge in [0, 0.05) is 38.6 Å². The first-order chi connectivity index (χ1) is 12.0. The zero-order valence-electron chi connectivity index (χ0n) is 16.0. The normalized spacial score (nSPS) is 11.2. The summed E-state index contributed by atoms with van der Waals surface area (Å²) in [5.41, 5.74) is 3.68. The molecule has 0 saturated carbocycles. The van der Waals surface area contributed by atoms with Crippen molar-refractivity contribution in [3.05, 3.63) is 53.3 Å². The summed E-state index contributed by atoms with van der Waals surface area (Å²) in [6, 6.07) is 8.24. The lowest BCUT2D eigenvalue weighted by molar-refractivity contribution is 0.225. The molecule has 0 radical (unpaired) electrons. The summed E-state index contributed by atoms with van der Waals surface area (Å²) in [5.74, 6) is 1.55. The van der Waals surface area contributed by atoms with Crippen LogP contribution in [0.15, 0.2) is 36.7 Å². The number of likely N-dealkylation sites (N-methyl/N-ethyl adjacent to an activating group) is 1. The first kappa shape index (κ1) is 19.2. The van der Waals surface area contributed by atoms with Gasteiger partial charge in [0.25, 0.3) is 0 Å². The first-order valence-corrected chi connectivity index (χ1v) is 8.51. The Morgan fingerprint density at radius 2 is 1.72 bits per heavy atom. The molecule has 0 saturated heterocycles. The van der Waals surface area contributed by atoms with Gasteiger partial charge in [-0.1, -0.05) is 6.07 Å². The van der Waals surface area contributed by atoms with E-state index in [1.54, 1.807) is 14.2 Å². The third kappa shape index (κ3) is 5.73. The number of hydrogen-bond acceptors (Lipinski definition) is 5. The van der Waals surface area contributed by atoms with Crippen LogP contribution in [0.1, 0.15) is 16.7 Å². The number of ether oxygens (including phenoxy) is 2. The van der Waals surface area contributed by atoms with Gasteiger partial charge in [-0.05, 0) is 55.9 Å². The Morgan fingerprint density at radius 3 is 2.32 bits per heavy atom. The molecule has 0 fully saturated rings. The van der Waals surface area contributed by atoms with Crippen LogP contribution in [-0.4, -0.2) is 56.2 Å². The number of nitrogens with zero attached hydrogens (tertiary/aromatic N) is 3. The molecule has 0 aliphatic rings. The molecule has 0 unspecified atom stereocenters. The van der Waals surface area contributed by atoms with Gasteiger partial charge in [-0.15, -0.1) is 0 Å². The van der Waals surface area contributed by atoms with Crippen LogP contribution in [0.3, 0.4) is 0 Å². The molecule has 0 amide bonds. The van der Waals surface area contributed by atoms with E-state index in [0.717, 1.165) is 37.7 Å². The van der Waals surface area contributed by atoms with Crippen molar-refractivity contribution in [3.63, 3.8) is 0 Å². The predicted molar refractivity (Wildman–Crippen MR) is 101 cm³/mol. The van der Waals surface area contributed by atoms with Gasteiger partial charge in [0.2, 0.25) is 0 Å². The van der Waals surface area contributed by atoms with Crippen molar-refractivity contribution < 1.29 is 9.47 Å². The highest BCUT2D eigenvalue weighted by atomic mass is 16.5. The highest BCUT2D eigenvalue weighted by Gasteiger charge is 2.13. The Labute approximate surface area is 151 Å². The van der Waals surface area contributed by atoms with E-state index in [9.17, 15) is 0 Å².